The number of nitrogens with zero attached hydrogens (tertiary/aromatic N) is 1. The molecule has 72 valence electrons. The minimum absolute atomic E-state index is 0.0543. The highest BCUT2D eigenvalue weighted by atomic mass is 32.2. The first-order valence-electron chi connectivity index (χ1n) is 3.88. The Hall–Kier alpha value is -1.56. The molecule has 1 aliphatic rings. The summed E-state index contributed by atoms with van der Waals surface area (Å²) in [5.41, 5.74) is 0.330. The van der Waals surface area contributed by atoms with Crippen LogP contribution in [0.15, 0.2) is 23.1 Å². The van der Waals surface area contributed by atoms with Gasteiger partial charge >= 0.3 is 0 Å². The first-order chi connectivity index (χ1) is 6.68. The molecule has 0 spiro atoms. The van der Waals surface area contributed by atoms with Crippen LogP contribution >= 0.6 is 11.8 Å². The van der Waals surface area contributed by atoms with Crippen LogP contribution in [0.5, 0.6) is 0 Å². The van der Waals surface area contributed by atoms with Gasteiger partial charge in [0.2, 0.25) is 0 Å². The van der Waals surface area contributed by atoms with Crippen molar-refractivity contribution in [2.45, 2.75) is 4.90 Å². The van der Waals surface area contributed by atoms with Gasteiger partial charge in [0.25, 0.3) is 11.6 Å². The quantitative estimate of drug-likeness (QED) is 0.561. The van der Waals surface area contributed by atoms with Crippen LogP contribution in [0.3, 0.4) is 0 Å². The third-order valence-electron chi connectivity index (χ3n) is 1.88. The Kier molecular flexibility index (Phi) is 2.12. The lowest BCUT2D eigenvalue weighted by Crippen LogP contribution is -2.27. The second-order valence-corrected chi connectivity index (χ2v) is 3.75. The number of thioether (sulfide) groups is 1. The summed E-state index contributed by atoms with van der Waals surface area (Å²) in [4.78, 5) is 22.1. The molecule has 2 rings (SSSR count). The summed E-state index contributed by atoms with van der Waals surface area (Å²) >= 11 is 1.46. The number of rotatable bonds is 1. The number of amides is 1. The maximum atomic E-state index is 11.3. The molecule has 0 bridgehead atoms. The van der Waals surface area contributed by atoms with Crippen LogP contribution < -0.4 is 5.32 Å². The van der Waals surface area contributed by atoms with Gasteiger partial charge in [-0.05, 0) is 6.07 Å². The zero-order chi connectivity index (χ0) is 10.1. The molecule has 6 heteroatoms. The number of benzene rings is 1. The fourth-order valence-corrected chi connectivity index (χ4v) is 2.04. The molecule has 0 saturated carbocycles. The van der Waals surface area contributed by atoms with Crippen molar-refractivity contribution in [1.82, 2.24) is 5.32 Å². The van der Waals surface area contributed by atoms with Crippen molar-refractivity contribution >= 4 is 23.4 Å². The molecule has 0 radical (unpaired) electrons. The topological polar surface area (TPSA) is 72.2 Å². The van der Waals surface area contributed by atoms with E-state index in [4.69, 9.17) is 0 Å². The predicted molar refractivity (Wildman–Crippen MR) is 51.3 cm³/mol. The highest BCUT2D eigenvalue weighted by Gasteiger charge is 2.20. The highest BCUT2D eigenvalue weighted by molar-refractivity contribution is 7.99. The molecule has 1 amide bonds. The first kappa shape index (κ1) is 9.01. The maximum Gasteiger partial charge on any atom is 0.270 e. The summed E-state index contributed by atoms with van der Waals surface area (Å²) < 4.78 is 0. The highest BCUT2D eigenvalue weighted by Crippen LogP contribution is 2.28. The minimum Gasteiger partial charge on any atom is -0.343 e. The Balaban J connectivity index is 2.51. The van der Waals surface area contributed by atoms with Gasteiger partial charge in [0.1, 0.15) is 0 Å². The predicted octanol–water partition coefficient (Wildman–Crippen LogP) is 1.39. The van der Waals surface area contributed by atoms with Gasteiger partial charge in [-0.1, -0.05) is 0 Å². The van der Waals surface area contributed by atoms with E-state index in [1.807, 2.05) is 0 Å². The van der Waals surface area contributed by atoms with Gasteiger partial charge in [-0.15, -0.1) is 11.8 Å². The normalized spacial score (nSPS) is 14.4. The molecule has 0 atom stereocenters. The lowest BCUT2D eigenvalue weighted by molar-refractivity contribution is -0.384. The third kappa shape index (κ3) is 1.44. The Morgan fingerprint density at radius 2 is 2.29 bits per heavy atom. The molecule has 0 aliphatic carbocycles. The molecule has 0 fully saturated rings. The smallest absolute Gasteiger partial charge is 0.270 e. The van der Waals surface area contributed by atoms with Crippen LogP contribution in [0, 0.1) is 10.1 Å². The SMILES string of the molecule is O=C1NCSc2ccc([N+](=O)[O-])cc21. The number of carbonyl (C=O) groups is 1. The number of hydrogen-bond donors (Lipinski definition) is 1. The van der Waals surface area contributed by atoms with Gasteiger partial charge in [-0.25, -0.2) is 0 Å². The lowest BCUT2D eigenvalue weighted by atomic mass is 10.2. The molecule has 0 aromatic heterocycles. The molecular formula is C8H6N2O3S. The zero-order valence-corrected chi connectivity index (χ0v) is 7.84. The zero-order valence-electron chi connectivity index (χ0n) is 7.02. The van der Waals surface area contributed by atoms with E-state index in [1.165, 1.54) is 23.9 Å². The van der Waals surface area contributed by atoms with Crippen molar-refractivity contribution < 1.29 is 9.72 Å². The van der Waals surface area contributed by atoms with Crippen LogP contribution in [0.4, 0.5) is 5.69 Å². The number of fused-ring (bicyclic) bond motifs is 1. The average Bonchev–Trinajstić information content (AvgIpc) is 2.18. The summed E-state index contributed by atoms with van der Waals surface area (Å²) in [5, 5.41) is 13.1. The molecule has 1 aromatic carbocycles. The van der Waals surface area contributed by atoms with Crippen molar-refractivity contribution in [3.8, 4) is 0 Å². The van der Waals surface area contributed by atoms with Gasteiger partial charge in [0, 0.05) is 17.0 Å². The first-order valence-corrected chi connectivity index (χ1v) is 4.86. The number of nitrogens with one attached hydrogen (secondary N) is 1. The largest absolute Gasteiger partial charge is 0.343 e. The van der Waals surface area contributed by atoms with Crippen molar-refractivity contribution in [3.05, 3.63) is 33.9 Å². The number of nitro groups is 1. The second kappa shape index (κ2) is 3.30. The molecule has 1 N–H and O–H groups in total. The van der Waals surface area contributed by atoms with Gasteiger partial charge in [-0.3, -0.25) is 14.9 Å². The van der Waals surface area contributed by atoms with E-state index < -0.39 is 4.92 Å². The minimum atomic E-state index is -0.507. The van der Waals surface area contributed by atoms with E-state index in [1.54, 1.807) is 6.07 Å². The number of hydrogen-bond acceptors (Lipinski definition) is 4. The summed E-state index contributed by atoms with van der Waals surface area (Å²) in [6.07, 6.45) is 0. The number of carbonyl (C=O) groups excluding carboxylic acids is 1. The number of non-ortho nitro benzene ring substituents is 1. The average molecular weight is 210 g/mol. The van der Waals surface area contributed by atoms with Gasteiger partial charge in [-0.2, -0.15) is 0 Å². The monoisotopic (exact) mass is 210 g/mol. The Bertz CT molecular complexity index is 419. The van der Waals surface area contributed by atoms with Crippen molar-refractivity contribution in [1.29, 1.82) is 0 Å². The van der Waals surface area contributed by atoms with Crippen LogP contribution in [0.1, 0.15) is 10.4 Å². The van der Waals surface area contributed by atoms with E-state index in [0.29, 0.717) is 11.4 Å². The molecule has 1 aromatic rings. The van der Waals surface area contributed by atoms with E-state index in [0.717, 1.165) is 4.90 Å². The van der Waals surface area contributed by atoms with Crippen molar-refractivity contribution in [2.24, 2.45) is 0 Å². The third-order valence-corrected chi connectivity index (χ3v) is 2.83. The van der Waals surface area contributed by atoms with E-state index in [9.17, 15) is 14.9 Å². The van der Waals surface area contributed by atoms with E-state index >= 15 is 0 Å². The molecule has 5 nitrogen and oxygen atoms in total. The Morgan fingerprint density at radius 3 is 3.00 bits per heavy atom. The summed E-state index contributed by atoms with van der Waals surface area (Å²) in [6.45, 7) is 0. The van der Waals surface area contributed by atoms with Crippen LogP contribution in [-0.4, -0.2) is 16.7 Å². The van der Waals surface area contributed by atoms with Crippen LogP contribution in [0.2, 0.25) is 0 Å². The van der Waals surface area contributed by atoms with Gasteiger partial charge in [0.15, 0.2) is 0 Å². The van der Waals surface area contributed by atoms with Gasteiger partial charge in [0.05, 0.1) is 16.4 Å². The standard InChI is InChI=1S/C8H6N2O3S/c11-8-6-3-5(10(12)13)1-2-7(6)14-4-9-8/h1-3H,4H2,(H,9,11). The summed E-state index contributed by atoms with van der Waals surface area (Å²) in [7, 11) is 0. The fraction of sp³-hybridized carbons (Fsp3) is 0.125. The Labute approximate surface area is 83.6 Å². The van der Waals surface area contributed by atoms with Crippen molar-refractivity contribution in [3.63, 3.8) is 0 Å². The molecule has 1 heterocycles. The lowest BCUT2D eigenvalue weighted by Gasteiger charge is -2.14. The molecule has 0 unspecified atom stereocenters. The summed E-state index contributed by atoms with van der Waals surface area (Å²) in [6, 6.07) is 4.32. The second-order valence-electron chi connectivity index (χ2n) is 2.73. The molecule has 14 heavy (non-hydrogen) atoms. The fourth-order valence-electron chi connectivity index (χ4n) is 1.21. The molecule has 0 saturated heterocycles. The molecule has 1 aliphatic heterocycles. The van der Waals surface area contributed by atoms with E-state index in [-0.39, 0.29) is 11.6 Å². The molecular weight excluding hydrogens is 204 g/mol. The summed E-state index contributed by atoms with van der Waals surface area (Å²) in [5.74, 6) is 0.270. The number of nitro benzene ring substituents is 1. The van der Waals surface area contributed by atoms with Crippen molar-refractivity contribution in [2.75, 3.05) is 5.88 Å². The maximum absolute atomic E-state index is 11.3. The van der Waals surface area contributed by atoms with Gasteiger partial charge < -0.3 is 5.32 Å². The van der Waals surface area contributed by atoms with Crippen LogP contribution in [0.25, 0.3) is 0 Å². The van der Waals surface area contributed by atoms with Crippen LogP contribution in [-0.2, 0) is 0 Å². The Morgan fingerprint density at radius 1 is 1.50 bits per heavy atom. The van der Waals surface area contributed by atoms with E-state index in [2.05, 4.69) is 5.32 Å².